The molecule has 1 unspecified atom stereocenters. The average molecular weight is 385 g/mol. The lowest BCUT2D eigenvalue weighted by Crippen LogP contribution is -2.50. The van der Waals surface area contributed by atoms with Gasteiger partial charge in [-0.2, -0.15) is 16.5 Å². The van der Waals surface area contributed by atoms with Crippen LogP contribution in [-0.2, 0) is 14.8 Å². The van der Waals surface area contributed by atoms with Gasteiger partial charge in [0, 0.05) is 13.1 Å². The Morgan fingerprint density at radius 3 is 2.44 bits per heavy atom. The van der Waals surface area contributed by atoms with Gasteiger partial charge in [0.2, 0.25) is 15.9 Å². The Kier molecular flexibility index (Phi) is 7.34. The molecule has 7 heteroatoms. The Morgan fingerprint density at radius 1 is 1.28 bits per heavy atom. The van der Waals surface area contributed by atoms with Crippen LogP contribution in [0.25, 0.3) is 0 Å². The molecule has 0 aliphatic carbocycles. The zero-order valence-electron chi connectivity index (χ0n) is 15.2. The number of hydrogen-bond donors (Lipinski definition) is 1. The zero-order valence-corrected chi connectivity index (χ0v) is 16.8. The van der Waals surface area contributed by atoms with Crippen LogP contribution in [0.4, 0.5) is 0 Å². The first kappa shape index (κ1) is 20.3. The fraction of sp³-hybridized carbons (Fsp3) is 0.611. The van der Waals surface area contributed by atoms with Crippen LogP contribution in [0.3, 0.4) is 0 Å². The number of rotatable bonds is 7. The molecule has 1 aromatic carbocycles. The van der Waals surface area contributed by atoms with Crippen molar-refractivity contribution in [2.75, 3.05) is 25.1 Å². The van der Waals surface area contributed by atoms with Crippen molar-refractivity contribution in [2.45, 2.75) is 44.0 Å². The second-order valence-electron chi connectivity index (χ2n) is 6.78. The van der Waals surface area contributed by atoms with E-state index in [0.717, 1.165) is 24.2 Å². The highest BCUT2D eigenvalue weighted by Gasteiger charge is 2.30. The summed E-state index contributed by atoms with van der Waals surface area (Å²) in [6.45, 7) is 5.52. The number of nitrogens with zero attached hydrogens (tertiary/aromatic N) is 1. The van der Waals surface area contributed by atoms with E-state index in [-0.39, 0.29) is 10.8 Å². The molecule has 1 heterocycles. The highest BCUT2D eigenvalue weighted by molar-refractivity contribution is 7.98. The number of nitrogens with one attached hydrogen (secondary N) is 1. The van der Waals surface area contributed by atoms with Gasteiger partial charge < -0.3 is 4.90 Å². The first-order valence-electron chi connectivity index (χ1n) is 8.70. The lowest BCUT2D eigenvalue weighted by Gasteiger charge is -2.33. The largest absolute Gasteiger partial charge is 0.341 e. The van der Waals surface area contributed by atoms with Gasteiger partial charge in [0.1, 0.15) is 6.04 Å². The number of aryl methyl sites for hydroxylation is 1. The van der Waals surface area contributed by atoms with E-state index in [4.69, 9.17) is 0 Å². The molecule has 2 rings (SSSR count). The second-order valence-corrected chi connectivity index (χ2v) is 9.48. The molecule has 0 aromatic heterocycles. The van der Waals surface area contributed by atoms with E-state index in [9.17, 15) is 13.2 Å². The van der Waals surface area contributed by atoms with Crippen LogP contribution in [0, 0.1) is 12.8 Å². The summed E-state index contributed by atoms with van der Waals surface area (Å²) in [6.07, 6.45) is 4.41. The Balaban J connectivity index is 2.13. The average Bonchev–Trinajstić information content (AvgIpc) is 2.59. The Morgan fingerprint density at radius 2 is 1.88 bits per heavy atom. The molecule has 25 heavy (non-hydrogen) atoms. The normalized spacial score (nSPS) is 17.5. The molecular weight excluding hydrogens is 356 g/mol. The molecule has 0 spiro atoms. The van der Waals surface area contributed by atoms with E-state index in [1.54, 1.807) is 36.0 Å². The van der Waals surface area contributed by atoms with Crippen LogP contribution >= 0.6 is 11.8 Å². The molecule has 1 atom stereocenters. The number of amides is 1. The third-order valence-electron chi connectivity index (χ3n) is 4.63. The fourth-order valence-electron chi connectivity index (χ4n) is 2.89. The van der Waals surface area contributed by atoms with E-state index >= 15 is 0 Å². The summed E-state index contributed by atoms with van der Waals surface area (Å²) in [4.78, 5) is 14.9. The van der Waals surface area contributed by atoms with Crippen molar-refractivity contribution in [3.63, 3.8) is 0 Å². The van der Waals surface area contributed by atoms with Crippen LogP contribution < -0.4 is 4.72 Å². The maximum Gasteiger partial charge on any atom is 0.241 e. The lowest BCUT2D eigenvalue weighted by molar-refractivity contribution is -0.134. The number of thioether (sulfide) groups is 1. The SMILES string of the molecule is CSCCC(NS(=O)(=O)c1ccc(C)cc1)C(=O)N1CCC(C)CC1. The van der Waals surface area contributed by atoms with Crippen LogP contribution in [-0.4, -0.2) is 50.4 Å². The number of likely N-dealkylation sites (tertiary alicyclic amines) is 1. The van der Waals surface area contributed by atoms with Gasteiger partial charge >= 0.3 is 0 Å². The van der Waals surface area contributed by atoms with Crippen molar-refractivity contribution in [3.05, 3.63) is 29.8 Å². The monoisotopic (exact) mass is 384 g/mol. The molecule has 1 fully saturated rings. The van der Waals surface area contributed by atoms with Crippen molar-refractivity contribution in [3.8, 4) is 0 Å². The van der Waals surface area contributed by atoms with Crippen molar-refractivity contribution in [2.24, 2.45) is 5.92 Å². The Hall–Kier alpha value is -1.05. The summed E-state index contributed by atoms with van der Waals surface area (Å²) < 4.78 is 28.0. The molecule has 0 bridgehead atoms. The zero-order chi connectivity index (χ0) is 18.4. The number of hydrogen-bond acceptors (Lipinski definition) is 4. The van der Waals surface area contributed by atoms with Gasteiger partial charge in [0.15, 0.2) is 0 Å². The standard InChI is InChI=1S/C18H28N2O3S2/c1-14-4-6-16(7-5-14)25(22,23)19-17(10-13-24-3)18(21)20-11-8-15(2)9-12-20/h4-7,15,17,19H,8-13H2,1-3H3. The summed E-state index contributed by atoms with van der Waals surface area (Å²) in [5.74, 6) is 1.26. The summed E-state index contributed by atoms with van der Waals surface area (Å²) in [5, 5.41) is 0. The topological polar surface area (TPSA) is 66.5 Å². The smallest absolute Gasteiger partial charge is 0.241 e. The Bertz CT molecular complexity index is 666. The van der Waals surface area contributed by atoms with Gasteiger partial charge in [-0.1, -0.05) is 24.6 Å². The molecule has 140 valence electrons. The fourth-order valence-corrected chi connectivity index (χ4v) is 4.59. The quantitative estimate of drug-likeness (QED) is 0.785. The number of carbonyl (C=O) groups is 1. The van der Waals surface area contributed by atoms with E-state index in [1.165, 1.54) is 0 Å². The van der Waals surface area contributed by atoms with E-state index in [2.05, 4.69) is 11.6 Å². The van der Waals surface area contributed by atoms with Gasteiger partial charge in [-0.25, -0.2) is 8.42 Å². The summed E-state index contributed by atoms with van der Waals surface area (Å²) in [5.41, 5.74) is 0.997. The van der Waals surface area contributed by atoms with Gasteiger partial charge in [-0.3, -0.25) is 4.79 Å². The van der Waals surface area contributed by atoms with E-state index < -0.39 is 16.1 Å². The predicted molar refractivity (Wildman–Crippen MR) is 103 cm³/mol. The van der Waals surface area contributed by atoms with E-state index in [1.807, 2.05) is 18.1 Å². The van der Waals surface area contributed by atoms with Crippen molar-refractivity contribution >= 4 is 27.7 Å². The molecule has 0 saturated carbocycles. The van der Waals surface area contributed by atoms with Gasteiger partial charge in [0.25, 0.3) is 0 Å². The molecule has 0 radical (unpaired) electrons. The van der Waals surface area contributed by atoms with Gasteiger partial charge in [-0.15, -0.1) is 0 Å². The van der Waals surface area contributed by atoms with Crippen molar-refractivity contribution in [1.82, 2.24) is 9.62 Å². The molecule has 1 saturated heterocycles. The van der Waals surface area contributed by atoms with Gasteiger partial charge in [0.05, 0.1) is 4.90 Å². The maximum absolute atomic E-state index is 12.9. The minimum atomic E-state index is -3.71. The summed E-state index contributed by atoms with van der Waals surface area (Å²) in [6, 6.07) is 5.98. The summed E-state index contributed by atoms with van der Waals surface area (Å²) >= 11 is 1.61. The minimum Gasteiger partial charge on any atom is -0.341 e. The van der Waals surface area contributed by atoms with Crippen LogP contribution in [0.1, 0.15) is 31.7 Å². The highest BCUT2D eigenvalue weighted by atomic mass is 32.2. The molecule has 1 N–H and O–H groups in total. The number of sulfonamides is 1. The molecular formula is C18H28N2O3S2. The number of piperidine rings is 1. The van der Waals surface area contributed by atoms with Crippen molar-refractivity contribution < 1.29 is 13.2 Å². The molecule has 1 aromatic rings. The first-order chi connectivity index (χ1) is 11.8. The number of carbonyl (C=O) groups excluding carboxylic acids is 1. The molecule has 1 aliphatic heterocycles. The first-order valence-corrected chi connectivity index (χ1v) is 11.6. The third-order valence-corrected chi connectivity index (χ3v) is 6.76. The Labute approximate surface area is 155 Å². The van der Waals surface area contributed by atoms with E-state index in [0.29, 0.717) is 25.4 Å². The highest BCUT2D eigenvalue weighted by Crippen LogP contribution is 2.19. The molecule has 1 amide bonds. The van der Waals surface area contributed by atoms with Crippen LogP contribution in [0.5, 0.6) is 0 Å². The lowest BCUT2D eigenvalue weighted by atomic mass is 9.98. The maximum atomic E-state index is 12.9. The van der Waals surface area contributed by atoms with Crippen LogP contribution in [0.2, 0.25) is 0 Å². The minimum absolute atomic E-state index is 0.100. The number of benzene rings is 1. The second kappa shape index (κ2) is 9.05. The molecule has 5 nitrogen and oxygen atoms in total. The summed E-state index contributed by atoms with van der Waals surface area (Å²) in [7, 11) is -3.71. The molecule has 1 aliphatic rings. The van der Waals surface area contributed by atoms with Crippen LogP contribution in [0.15, 0.2) is 29.2 Å². The van der Waals surface area contributed by atoms with Crippen molar-refractivity contribution in [1.29, 1.82) is 0 Å². The third kappa shape index (κ3) is 5.72. The van der Waals surface area contributed by atoms with Gasteiger partial charge in [-0.05, 0) is 56.2 Å². The predicted octanol–water partition coefficient (Wildman–Crippen LogP) is 2.65.